The van der Waals surface area contributed by atoms with E-state index < -0.39 is 35.2 Å². The Morgan fingerprint density at radius 2 is 1.02 bits per heavy atom. The van der Waals surface area contributed by atoms with Gasteiger partial charge in [-0.05, 0) is 60.3 Å². The number of para-hydroxylation sites is 2. The molecule has 2 aromatic heterocycles. The Kier molecular flexibility index (Phi) is 15.8. The minimum absolute atomic E-state index is 0. The van der Waals surface area contributed by atoms with Crippen LogP contribution in [-0.4, -0.2) is 34.3 Å². The third kappa shape index (κ3) is 10.7. The van der Waals surface area contributed by atoms with E-state index in [4.69, 9.17) is 9.47 Å². The first-order valence-corrected chi connectivity index (χ1v) is 17.0. The fourth-order valence-corrected chi connectivity index (χ4v) is 5.44. The molecule has 0 radical (unpaired) electrons. The van der Waals surface area contributed by atoms with Crippen LogP contribution in [0.5, 0.6) is 0 Å². The maximum atomic E-state index is 14.1. The van der Waals surface area contributed by atoms with E-state index in [1.54, 1.807) is 62.4 Å². The molecular formula is C44H34F4N2O4Ti. The maximum absolute atomic E-state index is 14.1. The molecule has 6 aromatic rings. The van der Waals surface area contributed by atoms with Crippen molar-refractivity contribution in [3.8, 4) is 11.4 Å². The first-order chi connectivity index (χ1) is 26.2. The molecule has 55 heavy (non-hydrogen) atoms. The minimum Gasteiger partial charge on any atom is -0.461 e. The van der Waals surface area contributed by atoms with Crippen molar-refractivity contribution in [3.05, 3.63) is 180 Å². The van der Waals surface area contributed by atoms with Gasteiger partial charge in [-0.15, -0.1) is 49.2 Å². The van der Waals surface area contributed by atoms with Crippen molar-refractivity contribution in [1.82, 2.24) is 9.13 Å². The van der Waals surface area contributed by atoms with Crippen LogP contribution in [0.25, 0.3) is 33.2 Å². The molecule has 276 valence electrons. The van der Waals surface area contributed by atoms with Crippen LogP contribution in [0.1, 0.15) is 47.7 Å². The van der Waals surface area contributed by atoms with Crippen molar-refractivity contribution in [1.29, 1.82) is 0 Å². The summed E-state index contributed by atoms with van der Waals surface area (Å²) in [6.07, 6.45) is 20.0. The first-order valence-electron chi connectivity index (χ1n) is 17.0. The van der Waals surface area contributed by atoms with Crippen LogP contribution in [-0.2, 0) is 31.2 Å². The molecule has 0 saturated heterocycles. The van der Waals surface area contributed by atoms with Crippen LogP contribution >= 0.6 is 0 Å². The Morgan fingerprint density at radius 1 is 0.618 bits per heavy atom. The van der Waals surface area contributed by atoms with Crippen molar-refractivity contribution < 1.29 is 58.3 Å². The Balaban J connectivity index is 0.000000192. The molecular weight excluding hydrogens is 744 g/mol. The van der Waals surface area contributed by atoms with Gasteiger partial charge in [0.15, 0.2) is 0 Å². The number of rotatable bonds is 6. The summed E-state index contributed by atoms with van der Waals surface area (Å²) in [5.74, 6) is -4.46. The Hall–Kier alpha value is -5.71. The standard InChI is InChI=1S/2C17H12F2NO2.2C5H5.Ti/c2*1-2-22-17(21)16-9-11-5-3-4-6-14(11)20(16)15-8-7-12(18)10-13(15)19;2*1-2-4-5-3-1;/h2*3-9H,2H2,1H3;2*1-3H,4H2;/q4*-1;+4. The van der Waals surface area contributed by atoms with E-state index in [0.29, 0.717) is 11.0 Å². The number of carbonyl (C=O) groups excluding carboxylic acids is 2. The summed E-state index contributed by atoms with van der Waals surface area (Å²) in [6.45, 7) is 3.80. The number of fused-ring (bicyclic) bond motifs is 2. The van der Waals surface area contributed by atoms with Gasteiger partial charge in [-0.3, -0.25) is 12.2 Å². The number of hydrogen-bond donors (Lipinski definition) is 0. The number of carbonyl (C=O) groups is 2. The number of ether oxygens (including phenoxy) is 2. The number of halogens is 4. The zero-order chi connectivity index (χ0) is 38.5. The molecule has 0 amide bonds. The Bertz CT molecular complexity index is 2190. The minimum atomic E-state index is -0.869. The molecule has 0 aliphatic heterocycles. The molecule has 0 saturated carbocycles. The molecule has 2 aliphatic rings. The second-order valence-corrected chi connectivity index (χ2v) is 11.3. The summed E-state index contributed by atoms with van der Waals surface area (Å²) in [5, 5.41) is 1.52. The molecule has 0 N–H and O–H groups in total. The molecule has 8 rings (SSSR count). The number of allylic oxidation sites excluding steroid dienone is 8. The Morgan fingerprint density at radius 3 is 1.33 bits per heavy atom. The van der Waals surface area contributed by atoms with Gasteiger partial charge >= 0.3 is 33.7 Å². The molecule has 2 aliphatic carbocycles. The summed E-state index contributed by atoms with van der Waals surface area (Å²) in [4.78, 5) is 24.3. The van der Waals surface area contributed by atoms with Crippen molar-refractivity contribution >= 4 is 33.7 Å². The number of esters is 2. The van der Waals surface area contributed by atoms with E-state index in [2.05, 4.69) is 24.3 Å². The van der Waals surface area contributed by atoms with Crippen molar-refractivity contribution in [2.75, 3.05) is 13.2 Å². The van der Waals surface area contributed by atoms with Gasteiger partial charge in [0, 0.05) is 34.3 Å². The fraction of sp³-hybridized carbons (Fsp3) is 0.136. The molecule has 0 atom stereocenters. The van der Waals surface area contributed by atoms with Gasteiger partial charge in [-0.2, -0.15) is 12.2 Å². The normalized spacial score (nSPS) is 11.9. The summed E-state index contributed by atoms with van der Waals surface area (Å²) in [7, 11) is 0. The fourth-order valence-electron chi connectivity index (χ4n) is 5.44. The maximum Gasteiger partial charge on any atom is 4.00 e. The van der Waals surface area contributed by atoms with E-state index in [0.717, 1.165) is 35.7 Å². The van der Waals surface area contributed by atoms with Gasteiger partial charge in [0.05, 0.1) is 13.2 Å². The molecule has 0 bridgehead atoms. The molecule has 11 heteroatoms. The van der Waals surface area contributed by atoms with Crippen LogP contribution in [0.3, 0.4) is 0 Å². The van der Waals surface area contributed by atoms with Crippen LogP contribution in [0.2, 0.25) is 0 Å². The summed E-state index contributed by atoms with van der Waals surface area (Å²) in [6, 6.07) is 26.3. The zero-order valence-corrected chi connectivity index (χ0v) is 31.5. The number of aromatic nitrogens is 2. The molecule has 2 heterocycles. The van der Waals surface area contributed by atoms with Crippen molar-refractivity contribution in [3.63, 3.8) is 0 Å². The van der Waals surface area contributed by atoms with E-state index in [-0.39, 0.29) is 57.7 Å². The van der Waals surface area contributed by atoms with E-state index >= 15 is 0 Å². The summed E-state index contributed by atoms with van der Waals surface area (Å²) in [5.41, 5.74) is 1.72. The second kappa shape index (κ2) is 20.7. The zero-order valence-electron chi connectivity index (χ0n) is 29.9. The van der Waals surface area contributed by atoms with Gasteiger partial charge < -0.3 is 18.6 Å². The van der Waals surface area contributed by atoms with Crippen LogP contribution in [0.15, 0.2) is 121 Å². The quantitative estimate of drug-likeness (QED) is 0.0731. The largest absolute Gasteiger partial charge is 4.00 e. The van der Waals surface area contributed by atoms with Crippen LogP contribution < -0.4 is 0 Å². The number of nitrogens with zero attached hydrogens (tertiary/aromatic N) is 2. The third-order valence-corrected chi connectivity index (χ3v) is 7.73. The van der Waals surface area contributed by atoms with Gasteiger partial charge in [0.2, 0.25) is 0 Å². The Labute approximate surface area is 331 Å². The molecule has 0 unspecified atom stereocenters. The monoisotopic (exact) mass is 778 g/mol. The van der Waals surface area contributed by atoms with Gasteiger partial charge in [0.1, 0.15) is 11.4 Å². The molecule has 0 fully saturated rings. The predicted molar refractivity (Wildman–Crippen MR) is 199 cm³/mol. The average Bonchev–Trinajstić information content (AvgIpc) is 4.01. The van der Waals surface area contributed by atoms with E-state index in [1.165, 1.54) is 21.3 Å². The van der Waals surface area contributed by atoms with Crippen molar-refractivity contribution in [2.24, 2.45) is 0 Å². The molecule has 4 aromatic carbocycles. The average molecular weight is 779 g/mol. The summed E-state index contributed by atoms with van der Waals surface area (Å²) >= 11 is 0. The van der Waals surface area contributed by atoms with E-state index in [9.17, 15) is 27.2 Å². The van der Waals surface area contributed by atoms with Gasteiger partial charge in [-0.1, -0.05) is 36.4 Å². The van der Waals surface area contributed by atoms with E-state index in [1.807, 2.05) is 48.6 Å². The van der Waals surface area contributed by atoms with Gasteiger partial charge in [0.25, 0.3) is 0 Å². The topological polar surface area (TPSA) is 62.5 Å². The first kappa shape index (κ1) is 42.0. The van der Waals surface area contributed by atoms with Crippen LogP contribution in [0, 0.1) is 47.6 Å². The SMILES string of the molecule is CCOC(=O)c1cc2ccccc2n1-c1ccc(F)[c-]c1F.CCOC(=O)c1cc2ccccc2n1-c1ccc(F)[c-]c1F.[C-]1=CC=CC1.[C-]1=CC=CC1.[Ti+4]. The summed E-state index contributed by atoms with van der Waals surface area (Å²) < 4.78 is 67.2. The second-order valence-electron chi connectivity index (χ2n) is 11.3. The third-order valence-electron chi connectivity index (χ3n) is 7.73. The smallest absolute Gasteiger partial charge is 0.461 e. The van der Waals surface area contributed by atoms with Crippen molar-refractivity contribution in [2.45, 2.75) is 26.7 Å². The number of hydrogen-bond acceptors (Lipinski definition) is 4. The molecule has 6 nitrogen and oxygen atoms in total. The van der Waals surface area contributed by atoms with Gasteiger partial charge in [-0.25, -0.2) is 51.5 Å². The molecule has 0 spiro atoms. The number of benzene rings is 4. The van der Waals surface area contributed by atoms with Crippen LogP contribution in [0.4, 0.5) is 17.6 Å². The predicted octanol–water partition coefficient (Wildman–Crippen LogP) is 10.4.